The van der Waals surface area contributed by atoms with Crippen molar-refractivity contribution in [1.29, 1.82) is 0 Å². The van der Waals surface area contributed by atoms with Crippen LogP contribution in [0.2, 0.25) is 0 Å². The van der Waals surface area contributed by atoms with Gasteiger partial charge in [0.2, 0.25) is 0 Å². The number of rotatable bonds is 6. The SMILES string of the molecule is C=C(C)CN[C@@H](CO)[C@@H](O)c1ccccc1. The minimum Gasteiger partial charge on any atom is -0.395 e. The Morgan fingerprint density at radius 3 is 2.50 bits per heavy atom. The zero-order chi connectivity index (χ0) is 12.0. The summed E-state index contributed by atoms with van der Waals surface area (Å²) in [6.45, 7) is 6.15. The minimum absolute atomic E-state index is 0.108. The molecule has 0 bridgehead atoms. The molecule has 3 nitrogen and oxygen atoms in total. The fourth-order valence-electron chi connectivity index (χ4n) is 1.46. The average Bonchev–Trinajstić information content (AvgIpc) is 2.30. The molecule has 1 aromatic carbocycles. The second-order valence-electron chi connectivity index (χ2n) is 3.98. The first kappa shape index (κ1) is 12.9. The Morgan fingerprint density at radius 1 is 1.38 bits per heavy atom. The van der Waals surface area contributed by atoms with Crippen LogP contribution in [0.5, 0.6) is 0 Å². The van der Waals surface area contributed by atoms with Crippen molar-refractivity contribution in [3.05, 3.63) is 48.0 Å². The maximum absolute atomic E-state index is 10.0. The highest BCUT2D eigenvalue weighted by Crippen LogP contribution is 2.16. The van der Waals surface area contributed by atoms with Gasteiger partial charge in [-0.15, -0.1) is 0 Å². The molecule has 0 amide bonds. The van der Waals surface area contributed by atoms with Gasteiger partial charge in [0.1, 0.15) is 0 Å². The zero-order valence-electron chi connectivity index (χ0n) is 9.56. The third-order valence-electron chi connectivity index (χ3n) is 2.38. The molecule has 0 aromatic heterocycles. The lowest BCUT2D eigenvalue weighted by Crippen LogP contribution is -2.38. The topological polar surface area (TPSA) is 52.5 Å². The first-order chi connectivity index (χ1) is 7.65. The second-order valence-corrected chi connectivity index (χ2v) is 3.98. The maximum atomic E-state index is 10.0. The molecule has 88 valence electrons. The number of aliphatic hydroxyl groups excluding tert-OH is 2. The molecular weight excluding hydrogens is 202 g/mol. The van der Waals surface area contributed by atoms with Gasteiger partial charge >= 0.3 is 0 Å². The van der Waals surface area contributed by atoms with Crippen molar-refractivity contribution >= 4 is 0 Å². The van der Waals surface area contributed by atoms with E-state index in [1.54, 1.807) is 0 Å². The molecule has 0 fully saturated rings. The van der Waals surface area contributed by atoms with Gasteiger partial charge in [0.15, 0.2) is 0 Å². The molecule has 3 N–H and O–H groups in total. The summed E-state index contributed by atoms with van der Waals surface area (Å²) in [6, 6.07) is 8.95. The van der Waals surface area contributed by atoms with Gasteiger partial charge in [0.25, 0.3) is 0 Å². The quantitative estimate of drug-likeness (QED) is 0.634. The summed E-state index contributed by atoms with van der Waals surface area (Å²) in [5.41, 5.74) is 1.77. The van der Waals surface area contributed by atoms with E-state index in [0.29, 0.717) is 6.54 Å². The lowest BCUT2D eigenvalue weighted by atomic mass is 10.0. The van der Waals surface area contributed by atoms with E-state index >= 15 is 0 Å². The van der Waals surface area contributed by atoms with E-state index in [0.717, 1.165) is 11.1 Å². The smallest absolute Gasteiger partial charge is 0.0965 e. The van der Waals surface area contributed by atoms with Gasteiger partial charge in [-0.3, -0.25) is 0 Å². The van der Waals surface area contributed by atoms with Gasteiger partial charge in [-0.1, -0.05) is 42.5 Å². The molecule has 0 unspecified atom stereocenters. The first-order valence-electron chi connectivity index (χ1n) is 5.36. The molecule has 0 radical (unpaired) electrons. The summed E-state index contributed by atoms with van der Waals surface area (Å²) >= 11 is 0. The number of nitrogens with one attached hydrogen (secondary N) is 1. The van der Waals surface area contributed by atoms with Crippen LogP contribution in [0.25, 0.3) is 0 Å². The average molecular weight is 221 g/mol. The largest absolute Gasteiger partial charge is 0.395 e. The molecule has 0 aliphatic carbocycles. The van der Waals surface area contributed by atoms with Crippen LogP contribution in [0, 0.1) is 0 Å². The number of hydrogen-bond acceptors (Lipinski definition) is 3. The summed E-state index contributed by atoms with van der Waals surface area (Å²) in [5.74, 6) is 0. The highest BCUT2D eigenvalue weighted by atomic mass is 16.3. The molecular formula is C13H19NO2. The number of hydrogen-bond donors (Lipinski definition) is 3. The van der Waals surface area contributed by atoms with Crippen molar-refractivity contribution in [2.75, 3.05) is 13.2 Å². The first-order valence-corrected chi connectivity index (χ1v) is 5.36. The van der Waals surface area contributed by atoms with E-state index in [2.05, 4.69) is 11.9 Å². The van der Waals surface area contributed by atoms with Crippen LogP contribution in [-0.4, -0.2) is 29.4 Å². The summed E-state index contributed by atoms with van der Waals surface area (Å²) in [6.07, 6.45) is -0.703. The molecule has 0 heterocycles. The fourth-order valence-corrected chi connectivity index (χ4v) is 1.46. The summed E-state index contributed by atoms with van der Waals surface area (Å²) in [4.78, 5) is 0. The van der Waals surface area contributed by atoms with Gasteiger partial charge in [0.05, 0.1) is 18.8 Å². The minimum atomic E-state index is -0.703. The molecule has 0 aliphatic heterocycles. The molecule has 0 saturated heterocycles. The molecule has 16 heavy (non-hydrogen) atoms. The van der Waals surface area contributed by atoms with Gasteiger partial charge in [-0.2, -0.15) is 0 Å². The van der Waals surface area contributed by atoms with E-state index < -0.39 is 6.10 Å². The van der Waals surface area contributed by atoms with E-state index in [9.17, 15) is 10.2 Å². The summed E-state index contributed by atoms with van der Waals surface area (Å²) in [5, 5.41) is 22.3. The Kier molecular flexibility index (Phi) is 5.19. The van der Waals surface area contributed by atoms with Crippen molar-refractivity contribution in [3.63, 3.8) is 0 Å². The Labute approximate surface area is 96.4 Å². The highest BCUT2D eigenvalue weighted by Gasteiger charge is 2.18. The van der Waals surface area contributed by atoms with Crippen LogP contribution >= 0.6 is 0 Å². The van der Waals surface area contributed by atoms with Crippen molar-refractivity contribution < 1.29 is 10.2 Å². The monoisotopic (exact) mass is 221 g/mol. The van der Waals surface area contributed by atoms with Gasteiger partial charge in [-0.05, 0) is 12.5 Å². The molecule has 1 aromatic rings. The van der Waals surface area contributed by atoms with Crippen LogP contribution in [0.1, 0.15) is 18.6 Å². The molecule has 2 atom stereocenters. The Hall–Kier alpha value is -1.16. The molecule has 0 saturated carbocycles. The van der Waals surface area contributed by atoms with Crippen molar-refractivity contribution in [3.8, 4) is 0 Å². The third-order valence-corrected chi connectivity index (χ3v) is 2.38. The third kappa shape index (κ3) is 3.77. The zero-order valence-corrected chi connectivity index (χ0v) is 9.56. The predicted molar refractivity (Wildman–Crippen MR) is 65.1 cm³/mol. The van der Waals surface area contributed by atoms with Crippen molar-refractivity contribution in [2.45, 2.75) is 19.1 Å². The summed E-state index contributed by atoms with van der Waals surface area (Å²) in [7, 11) is 0. The maximum Gasteiger partial charge on any atom is 0.0965 e. The van der Waals surface area contributed by atoms with E-state index in [1.165, 1.54) is 0 Å². The molecule has 3 heteroatoms. The normalized spacial score (nSPS) is 14.4. The second kappa shape index (κ2) is 6.43. The van der Waals surface area contributed by atoms with E-state index in [-0.39, 0.29) is 12.6 Å². The van der Waals surface area contributed by atoms with E-state index in [4.69, 9.17) is 0 Å². The van der Waals surface area contributed by atoms with Gasteiger partial charge in [0, 0.05) is 6.54 Å². The molecule has 1 rings (SSSR count). The predicted octanol–water partition coefficient (Wildman–Crippen LogP) is 1.25. The Balaban J connectivity index is 2.62. The molecule has 0 spiro atoms. The van der Waals surface area contributed by atoms with Crippen LogP contribution in [0.15, 0.2) is 42.5 Å². The number of benzene rings is 1. The van der Waals surface area contributed by atoms with Crippen molar-refractivity contribution in [2.24, 2.45) is 0 Å². The van der Waals surface area contributed by atoms with Crippen LogP contribution in [-0.2, 0) is 0 Å². The number of aliphatic hydroxyl groups is 2. The van der Waals surface area contributed by atoms with Crippen LogP contribution < -0.4 is 5.32 Å². The lowest BCUT2D eigenvalue weighted by Gasteiger charge is -2.22. The van der Waals surface area contributed by atoms with Crippen LogP contribution in [0.4, 0.5) is 0 Å². The Morgan fingerprint density at radius 2 is 2.00 bits per heavy atom. The van der Waals surface area contributed by atoms with Crippen molar-refractivity contribution in [1.82, 2.24) is 5.32 Å². The summed E-state index contributed by atoms with van der Waals surface area (Å²) < 4.78 is 0. The fraction of sp³-hybridized carbons (Fsp3) is 0.385. The van der Waals surface area contributed by atoms with Crippen LogP contribution in [0.3, 0.4) is 0 Å². The Bertz CT molecular complexity index is 324. The van der Waals surface area contributed by atoms with E-state index in [1.807, 2.05) is 37.3 Å². The standard InChI is InChI=1S/C13H19NO2/c1-10(2)8-14-12(9-15)13(16)11-6-4-3-5-7-11/h3-7,12-16H,1,8-9H2,2H3/t12-,13-/m0/s1. The molecule has 0 aliphatic rings. The van der Waals surface area contributed by atoms with Gasteiger partial charge in [-0.25, -0.2) is 0 Å². The highest BCUT2D eigenvalue weighted by molar-refractivity contribution is 5.19. The lowest BCUT2D eigenvalue weighted by molar-refractivity contribution is 0.0917. The van der Waals surface area contributed by atoms with Gasteiger partial charge < -0.3 is 15.5 Å².